The number of benzene rings is 1. The standard InChI is InChI=1S/C13H19NO2/c1-9-3-6-12(13(7-9)15-2)16-8-11(14)10-4-5-10/h3,6-7,10-11H,4-5,8,14H2,1-2H3. The molecule has 1 fully saturated rings. The summed E-state index contributed by atoms with van der Waals surface area (Å²) in [5, 5.41) is 0. The average Bonchev–Trinajstić information content (AvgIpc) is 3.10. The van der Waals surface area contributed by atoms with E-state index in [1.54, 1.807) is 7.11 Å². The average molecular weight is 221 g/mol. The van der Waals surface area contributed by atoms with E-state index in [0.717, 1.165) is 17.1 Å². The Bertz CT molecular complexity index is 361. The van der Waals surface area contributed by atoms with Gasteiger partial charge in [-0.15, -0.1) is 0 Å². The molecule has 0 saturated heterocycles. The zero-order chi connectivity index (χ0) is 11.5. The Morgan fingerprint density at radius 2 is 2.12 bits per heavy atom. The molecular formula is C13H19NO2. The molecule has 0 aliphatic heterocycles. The summed E-state index contributed by atoms with van der Waals surface area (Å²) in [6.07, 6.45) is 2.49. The minimum atomic E-state index is 0.158. The molecule has 1 aliphatic rings. The maximum atomic E-state index is 5.98. The summed E-state index contributed by atoms with van der Waals surface area (Å²) in [5.41, 5.74) is 7.15. The summed E-state index contributed by atoms with van der Waals surface area (Å²) in [6.45, 7) is 2.60. The normalized spacial score (nSPS) is 16.9. The predicted molar refractivity (Wildman–Crippen MR) is 63.9 cm³/mol. The van der Waals surface area contributed by atoms with E-state index in [1.807, 2.05) is 25.1 Å². The van der Waals surface area contributed by atoms with Gasteiger partial charge in [0.25, 0.3) is 0 Å². The van der Waals surface area contributed by atoms with E-state index in [-0.39, 0.29) is 6.04 Å². The summed E-state index contributed by atoms with van der Waals surface area (Å²) in [7, 11) is 1.66. The van der Waals surface area contributed by atoms with Crippen molar-refractivity contribution in [1.29, 1.82) is 0 Å². The van der Waals surface area contributed by atoms with Crippen LogP contribution in [0.3, 0.4) is 0 Å². The lowest BCUT2D eigenvalue weighted by Gasteiger charge is -2.14. The summed E-state index contributed by atoms with van der Waals surface area (Å²) in [6, 6.07) is 6.08. The molecule has 2 rings (SSSR count). The van der Waals surface area contributed by atoms with Gasteiger partial charge in [-0.25, -0.2) is 0 Å². The van der Waals surface area contributed by atoms with Crippen LogP contribution >= 0.6 is 0 Å². The number of methoxy groups -OCH3 is 1. The first-order chi connectivity index (χ1) is 7.70. The highest BCUT2D eigenvalue weighted by atomic mass is 16.5. The molecule has 2 N–H and O–H groups in total. The van der Waals surface area contributed by atoms with Crippen molar-refractivity contribution in [3.8, 4) is 11.5 Å². The van der Waals surface area contributed by atoms with Gasteiger partial charge in [-0.2, -0.15) is 0 Å². The smallest absolute Gasteiger partial charge is 0.161 e. The van der Waals surface area contributed by atoms with Crippen molar-refractivity contribution in [3.63, 3.8) is 0 Å². The fourth-order valence-electron chi connectivity index (χ4n) is 1.74. The summed E-state index contributed by atoms with van der Waals surface area (Å²) in [5.74, 6) is 2.23. The van der Waals surface area contributed by atoms with E-state index in [4.69, 9.17) is 15.2 Å². The highest BCUT2D eigenvalue weighted by Gasteiger charge is 2.28. The molecule has 0 radical (unpaired) electrons. The van der Waals surface area contributed by atoms with Gasteiger partial charge in [0.05, 0.1) is 7.11 Å². The van der Waals surface area contributed by atoms with E-state index in [9.17, 15) is 0 Å². The number of rotatable bonds is 5. The fourth-order valence-corrected chi connectivity index (χ4v) is 1.74. The Balaban J connectivity index is 1.97. The highest BCUT2D eigenvalue weighted by Crippen LogP contribution is 2.33. The first-order valence-electron chi connectivity index (χ1n) is 5.73. The fraction of sp³-hybridized carbons (Fsp3) is 0.538. The summed E-state index contributed by atoms with van der Waals surface area (Å²) < 4.78 is 11.0. The van der Waals surface area contributed by atoms with Crippen LogP contribution in [-0.2, 0) is 0 Å². The van der Waals surface area contributed by atoms with Gasteiger partial charge in [0.15, 0.2) is 11.5 Å². The van der Waals surface area contributed by atoms with Crippen molar-refractivity contribution in [1.82, 2.24) is 0 Å². The number of nitrogens with two attached hydrogens (primary N) is 1. The number of hydrogen-bond acceptors (Lipinski definition) is 3. The molecule has 1 unspecified atom stereocenters. The number of aryl methyl sites for hydroxylation is 1. The second-order valence-electron chi connectivity index (χ2n) is 4.47. The SMILES string of the molecule is COc1cc(C)ccc1OCC(N)C1CC1. The minimum Gasteiger partial charge on any atom is -0.493 e. The molecule has 0 spiro atoms. The van der Waals surface area contributed by atoms with Crippen LogP contribution in [0.5, 0.6) is 11.5 Å². The summed E-state index contributed by atoms with van der Waals surface area (Å²) in [4.78, 5) is 0. The molecular weight excluding hydrogens is 202 g/mol. The molecule has 0 amide bonds. The Morgan fingerprint density at radius 3 is 2.75 bits per heavy atom. The van der Waals surface area contributed by atoms with E-state index in [2.05, 4.69) is 0 Å². The van der Waals surface area contributed by atoms with Crippen LogP contribution in [0.15, 0.2) is 18.2 Å². The van der Waals surface area contributed by atoms with Crippen molar-refractivity contribution in [3.05, 3.63) is 23.8 Å². The van der Waals surface area contributed by atoms with Gasteiger partial charge >= 0.3 is 0 Å². The Labute approximate surface area is 96.5 Å². The maximum absolute atomic E-state index is 5.98. The van der Waals surface area contributed by atoms with Gasteiger partial charge in [-0.1, -0.05) is 6.07 Å². The topological polar surface area (TPSA) is 44.5 Å². The van der Waals surface area contributed by atoms with Crippen LogP contribution in [0.2, 0.25) is 0 Å². The molecule has 3 heteroatoms. The highest BCUT2D eigenvalue weighted by molar-refractivity contribution is 5.42. The zero-order valence-corrected chi connectivity index (χ0v) is 9.90. The molecule has 16 heavy (non-hydrogen) atoms. The van der Waals surface area contributed by atoms with Gasteiger partial charge in [-0.3, -0.25) is 0 Å². The Kier molecular flexibility index (Phi) is 3.34. The monoisotopic (exact) mass is 221 g/mol. The molecule has 1 atom stereocenters. The van der Waals surface area contributed by atoms with Crippen molar-refractivity contribution >= 4 is 0 Å². The van der Waals surface area contributed by atoms with E-state index >= 15 is 0 Å². The minimum absolute atomic E-state index is 0.158. The van der Waals surface area contributed by atoms with Crippen molar-refractivity contribution in [2.45, 2.75) is 25.8 Å². The lowest BCUT2D eigenvalue weighted by Crippen LogP contribution is -2.29. The van der Waals surface area contributed by atoms with Crippen molar-refractivity contribution in [2.75, 3.05) is 13.7 Å². The second-order valence-corrected chi connectivity index (χ2v) is 4.47. The third-order valence-corrected chi connectivity index (χ3v) is 2.98. The quantitative estimate of drug-likeness (QED) is 0.828. The van der Waals surface area contributed by atoms with Crippen LogP contribution in [0.25, 0.3) is 0 Å². The molecule has 1 aromatic carbocycles. The maximum Gasteiger partial charge on any atom is 0.161 e. The van der Waals surface area contributed by atoms with E-state index < -0.39 is 0 Å². The molecule has 0 aromatic heterocycles. The Hall–Kier alpha value is -1.22. The first kappa shape index (κ1) is 11.3. The zero-order valence-electron chi connectivity index (χ0n) is 9.90. The number of hydrogen-bond donors (Lipinski definition) is 1. The van der Waals surface area contributed by atoms with Crippen LogP contribution < -0.4 is 15.2 Å². The molecule has 1 aliphatic carbocycles. The van der Waals surface area contributed by atoms with Crippen LogP contribution in [0, 0.1) is 12.8 Å². The third-order valence-electron chi connectivity index (χ3n) is 2.98. The van der Waals surface area contributed by atoms with Crippen LogP contribution in [0.4, 0.5) is 0 Å². The molecule has 1 saturated carbocycles. The summed E-state index contributed by atoms with van der Waals surface area (Å²) >= 11 is 0. The molecule has 0 bridgehead atoms. The molecule has 0 heterocycles. The lowest BCUT2D eigenvalue weighted by molar-refractivity contribution is 0.261. The Morgan fingerprint density at radius 1 is 1.38 bits per heavy atom. The van der Waals surface area contributed by atoms with Gasteiger partial charge in [0.2, 0.25) is 0 Å². The van der Waals surface area contributed by atoms with Crippen LogP contribution in [-0.4, -0.2) is 19.8 Å². The lowest BCUT2D eigenvalue weighted by atomic mass is 10.2. The van der Waals surface area contributed by atoms with Gasteiger partial charge in [0, 0.05) is 6.04 Å². The molecule has 3 nitrogen and oxygen atoms in total. The second kappa shape index (κ2) is 4.74. The third kappa shape index (κ3) is 2.67. The van der Waals surface area contributed by atoms with E-state index in [0.29, 0.717) is 12.5 Å². The van der Waals surface area contributed by atoms with E-state index in [1.165, 1.54) is 12.8 Å². The van der Waals surface area contributed by atoms with Gasteiger partial charge < -0.3 is 15.2 Å². The molecule has 1 aromatic rings. The van der Waals surface area contributed by atoms with Crippen molar-refractivity contribution < 1.29 is 9.47 Å². The first-order valence-corrected chi connectivity index (χ1v) is 5.73. The van der Waals surface area contributed by atoms with Crippen molar-refractivity contribution in [2.24, 2.45) is 11.7 Å². The van der Waals surface area contributed by atoms with Crippen LogP contribution in [0.1, 0.15) is 18.4 Å². The predicted octanol–water partition coefficient (Wildman–Crippen LogP) is 2.12. The van der Waals surface area contributed by atoms with Gasteiger partial charge in [-0.05, 0) is 43.4 Å². The van der Waals surface area contributed by atoms with Gasteiger partial charge in [0.1, 0.15) is 6.61 Å². The molecule has 88 valence electrons. The number of ether oxygens (including phenoxy) is 2. The largest absolute Gasteiger partial charge is 0.493 e.